The first-order valence-electron chi connectivity index (χ1n) is 5.96. The van der Waals surface area contributed by atoms with Crippen molar-refractivity contribution < 1.29 is 9.90 Å². The van der Waals surface area contributed by atoms with Crippen LogP contribution in [0.1, 0.15) is 49.8 Å². The molecule has 1 aliphatic heterocycles. The second kappa shape index (κ2) is 4.28. The number of imidazole rings is 1. The Morgan fingerprint density at radius 1 is 1.56 bits per heavy atom. The first kappa shape index (κ1) is 11.2. The number of aryl methyl sites for hydroxylation is 2. The smallest absolute Gasteiger partial charge is 0.312 e. The summed E-state index contributed by atoms with van der Waals surface area (Å²) in [5, 5.41) is 9.13. The molecule has 1 aromatic rings. The van der Waals surface area contributed by atoms with Gasteiger partial charge >= 0.3 is 5.97 Å². The largest absolute Gasteiger partial charge is 0.481 e. The van der Waals surface area contributed by atoms with Gasteiger partial charge < -0.3 is 9.67 Å². The molecule has 1 N–H and O–H groups in total. The van der Waals surface area contributed by atoms with Crippen molar-refractivity contribution in [2.24, 2.45) is 0 Å². The van der Waals surface area contributed by atoms with E-state index in [9.17, 15) is 4.79 Å². The van der Waals surface area contributed by atoms with Crippen molar-refractivity contribution in [1.82, 2.24) is 9.55 Å². The zero-order chi connectivity index (χ0) is 11.7. The number of hydrogen-bond acceptors (Lipinski definition) is 2. The van der Waals surface area contributed by atoms with Gasteiger partial charge in [0.05, 0.1) is 17.3 Å². The number of aromatic nitrogens is 2. The van der Waals surface area contributed by atoms with Crippen molar-refractivity contribution in [1.29, 1.82) is 0 Å². The number of carboxylic acids is 1. The number of carboxylic acid groups (broad SMARTS) is 1. The van der Waals surface area contributed by atoms with Crippen LogP contribution in [-0.2, 0) is 24.2 Å². The molecular formula is C12H18N2O2. The summed E-state index contributed by atoms with van der Waals surface area (Å²) >= 11 is 0. The standard InChI is InChI=1S/C12H18N2O2/c1-3-9-11(8(2)12(15)16)14-7-5-4-6-10(14)13-9/h8H,3-7H2,1-2H3,(H,15,16). The average Bonchev–Trinajstić information content (AvgIpc) is 2.66. The Morgan fingerprint density at radius 2 is 2.31 bits per heavy atom. The van der Waals surface area contributed by atoms with Gasteiger partial charge in [0, 0.05) is 13.0 Å². The molecule has 0 spiro atoms. The van der Waals surface area contributed by atoms with E-state index in [0.29, 0.717) is 0 Å². The molecule has 0 aromatic carbocycles. The van der Waals surface area contributed by atoms with Crippen LogP contribution in [0, 0.1) is 0 Å². The topological polar surface area (TPSA) is 55.1 Å². The van der Waals surface area contributed by atoms with Crippen LogP contribution >= 0.6 is 0 Å². The van der Waals surface area contributed by atoms with Crippen molar-refractivity contribution in [2.75, 3.05) is 0 Å². The van der Waals surface area contributed by atoms with Gasteiger partial charge in [0.1, 0.15) is 5.82 Å². The maximum absolute atomic E-state index is 11.1. The number of hydrogen-bond donors (Lipinski definition) is 1. The molecule has 1 aliphatic rings. The van der Waals surface area contributed by atoms with E-state index in [4.69, 9.17) is 5.11 Å². The molecule has 2 rings (SSSR count). The highest BCUT2D eigenvalue weighted by molar-refractivity contribution is 5.75. The number of carbonyl (C=O) groups is 1. The second-order valence-corrected chi connectivity index (χ2v) is 4.38. The number of fused-ring (bicyclic) bond motifs is 1. The first-order chi connectivity index (χ1) is 7.65. The third-order valence-electron chi connectivity index (χ3n) is 3.31. The molecule has 0 saturated carbocycles. The van der Waals surface area contributed by atoms with Gasteiger partial charge in [-0.05, 0) is 26.2 Å². The van der Waals surface area contributed by atoms with Gasteiger partial charge in [-0.2, -0.15) is 0 Å². The van der Waals surface area contributed by atoms with Crippen molar-refractivity contribution >= 4 is 5.97 Å². The molecule has 1 aromatic heterocycles. The van der Waals surface area contributed by atoms with Gasteiger partial charge in [0.25, 0.3) is 0 Å². The lowest BCUT2D eigenvalue weighted by atomic mass is 10.0. The summed E-state index contributed by atoms with van der Waals surface area (Å²) in [6.45, 7) is 4.71. The Morgan fingerprint density at radius 3 is 2.94 bits per heavy atom. The van der Waals surface area contributed by atoms with E-state index in [1.54, 1.807) is 6.92 Å². The molecule has 2 heterocycles. The molecule has 16 heavy (non-hydrogen) atoms. The second-order valence-electron chi connectivity index (χ2n) is 4.38. The fourth-order valence-electron chi connectivity index (χ4n) is 2.42. The van der Waals surface area contributed by atoms with Crippen LogP contribution in [0.3, 0.4) is 0 Å². The minimum absolute atomic E-state index is 0.450. The first-order valence-corrected chi connectivity index (χ1v) is 5.96. The van der Waals surface area contributed by atoms with E-state index < -0.39 is 11.9 Å². The van der Waals surface area contributed by atoms with Crippen molar-refractivity contribution in [2.45, 2.75) is 52.0 Å². The summed E-state index contributed by atoms with van der Waals surface area (Å²) in [5.41, 5.74) is 1.89. The summed E-state index contributed by atoms with van der Waals surface area (Å²) in [6.07, 6.45) is 4.10. The molecular weight excluding hydrogens is 204 g/mol. The quantitative estimate of drug-likeness (QED) is 0.850. The Kier molecular flexibility index (Phi) is 2.99. The molecule has 1 atom stereocenters. The highest BCUT2D eigenvalue weighted by Crippen LogP contribution is 2.26. The fraction of sp³-hybridized carbons (Fsp3) is 0.667. The molecule has 1 unspecified atom stereocenters. The van der Waals surface area contributed by atoms with E-state index >= 15 is 0 Å². The zero-order valence-electron chi connectivity index (χ0n) is 9.86. The molecule has 0 bridgehead atoms. The lowest BCUT2D eigenvalue weighted by Crippen LogP contribution is -2.18. The van der Waals surface area contributed by atoms with Crippen LogP contribution in [0.4, 0.5) is 0 Å². The lowest BCUT2D eigenvalue weighted by Gasteiger charge is -2.18. The van der Waals surface area contributed by atoms with Crippen molar-refractivity contribution in [3.05, 3.63) is 17.2 Å². The molecule has 88 valence electrons. The maximum atomic E-state index is 11.1. The molecule has 0 amide bonds. The van der Waals surface area contributed by atoms with Crippen LogP contribution in [0.5, 0.6) is 0 Å². The van der Waals surface area contributed by atoms with Gasteiger partial charge in [-0.1, -0.05) is 6.92 Å². The monoisotopic (exact) mass is 222 g/mol. The van der Waals surface area contributed by atoms with Crippen LogP contribution in [-0.4, -0.2) is 20.6 Å². The summed E-state index contributed by atoms with van der Waals surface area (Å²) < 4.78 is 2.13. The van der Waals surface area contributed by atoms with E-state index in [2.05, 4.69) is 9.55 Å². The molecule has 4 nitrogen and oxygen atoms in total. The van der Waals surface area contributed by atoms with Crippen molar-refractivity contribution in [3.8, 4) is 0 Å². The zero-order valence-corrected chi connectivity index (χ0v) is 9.86. The van der Waals surface area contributed by atoms with Crippen molar-refractivity contribution in [3.63, 3.8) is 0 Å². The molecule has 0 radical (unpaired) electrons. The Hall–Kier alpha value is -1.32. The van der Waals surface area contributed by atoms with E-state index in [0.717, 1.165) is 43.0 Å². The third-order valence-corrected chi connectivity index (χ3v) is 3.31. The van der Waals surface area contributed by atoms with Crippen LogP contribution in [0.2, 0.25) is 0 Å². The van der Waals surface area contributed by atoms with E-state index in [1.807, 2.05) is 6.92 Å². The molecule has 0 saturated heterocycles. The maximum Gasteiger partial charge on any atom is 0.312 e. The SMILES string of the molecule is CCc1nc2n(c1C(C)C(=O)O)CCCC2. The summed E-state index contributed by atoms with van der Waals surface area (Å²) in [7, 11) is 0. The van der Waals surface area contributed by atoms with E-state index in [1.165, 1.54) is 6.42 Å². The van der Waals surface area contributed by atoms with Gasteiger partial charge in [-0.3, -0.25) is 4.79 Å². The molecule has 0 aliphatic carbocycles. The Labute approximate surface area is 95.3 Å². The summed E-state index contributed by atoms with van der Waals surface area (Å²) in [5.74, 6) is -0.136. The average molecular weight is 222 g/mol. The highest BCUT2D eigenvalue weighted by atomic mass is 16.4. The molecule has 4 heteroatoms. The fourth-order valence-corrected chi connectivity index (χ4v) is 2.42. The number of nitrogens with zero attached hydrogens (tertiary/aromatic N) is 2. The summed E-state index contributed by atoms with van der Waals surface area (Å²) in [6, 6.07) is 0. The Balaban J connectivity index is 2.48. The predicted molar refractivity (Wildman–Crippen MR) is 60.6 cm³/mol. The van der Waals surface area contributed by atoms with Gasteiger partial charge in [-0.25, -0.2) is 4.98 Å². The van der Waals surface area contributed by atoms with E-state index in [-0.39, 0.29) is 0 Å². The van der Waals surface area contributed by atoms with Crippen LogP contribution < -0.4 is 0 Å². The lowest BCUT2D eigenvalue weighted by molar-refractivity contribution is -0.138. The normalized spacial score (nSPS) is 16.9. The molecule has 0 fully saturated rings. The predicted octanol–water partition coefficient (Wildman–Crippen LogP) is 1.97. The van der Waals surface area contributed by atoms with Gasteiger partial charge in [0.2, 0.25) is 0 Å². The highest BCUT2D eigenvalue weighted by Gasteiger charge is 2.26. The third kappa shape index (κ3) is 1.72. The van der Waals surface area contributed by atoms with Crippen LogP contribution in [0.25, 0.3) is 0 Å². The minimum Gasteiger partial charge on any atom is -0.481 e. The summed E-state index contributed by atoms with van der Waals surface area (Å²) in [4.78, 5) is 15.7. The number of aliphatic carboxylic acids is 1. The van der Waals surface area contributed by atoms with Gasteiger partial charge in [0.15, 0.2) is 0 Å². The van der Waals surface area contributed by atoms with Gasteiger partial charge in [-0.15, -0.1) is 0 Å². The van der Waals surface area contributed by atoms with Crippen LogP contribution in [0.15, 0.2) is 0 Å². The Bertz CT molecular complexity index is 409. The number of rotatable bonds is 3. The minimum atomic E-state index is -0.761.